The van der Waals surface area contributed by atoms with Gasteiger partial charge in [-0.25, -0.2) is 4.98 Å². The number of benzene rings is 2. The van der Waals surface area contributed by atoms with Gasteiger partial charge < -0.3 is 10.4 Å². The minimum absolute atomic E-state index is 0.169. The van der Waals surface area contributed by atoms with Crippen molar-refractivity contribution in [3.05, 3.63) is 72.1 Å². The number of H-pyrrole nitrogens is 1. The molecule has 23 heavy (non-hydrogen) atoms. The predicted octanol–water partition coefficient (Wildman–Crippen LogP) is 1.94. The number of hydrogen-bond donors (Lipinski definition) is 3. The highest BCUT2D eigenvalue weighted by Crippen LogP contribution is 2.17. The lowest BCUT2D eigenvalue weighted by atomic mass is 10.1. The summed E-state index contributed by atoms with van der Waals surface area (Å²) in [5, 5.41) is 18.9. The zero-order valence-electron chi connectivity index (χ0n) is 12.3. The van der Waals surface area contributed by atoms with Crippen LogP contribution in [0.3, 0.4) is 0 Å². The maximum atomic E-state index is 12.4. The summed E-state index contributed by atoms with van der Waals surface area (Å²) in [5.41, 5.74) is 2.12. The number of carbonyl (C=O) groups excluding carboxylic acids is 1. The fourth-order valence-corrected chi connectivity index (χ4v) is 2.31. The Kier molecular flexibility index (Phi) is 4.44. The highest BCUT2D eigenvalue weighted by Gasteiger charge is 2.15. The smallest absolute Gasteiger partial charge is 0.251 e. The summed E-state index contributed by atoms with van der Waals surface area (Å²) < 4.78 is 0. The molecule has 0 saturated carbocycles. The molecule has 0 aliphatic heterocycles. The lowest BCUT2D eigenvalue weighted by Gasteiger charge is -2.17. The minimum atomic E-state index is -0.447. The number of hydrogen-bond acceptors (Lipinski definition) is 4. The average Bonchev–Trinajstić information content (AvgIpc) is 3.15. The summed E-state index contributed by atoms with van der Waals surface area (Å²) in [6, 6.07) is 16.0. The van der Waals surface area contributed by atoms with Crippen LogP contribution in [0.5, 0.6) is 0 Å². The van der Waals surface area contributed by atoms with Gasteiger partial charge in [-0.15, -0.1) is 0 Å². The summed E-state index contributed by atoms with van der Waals surface area (Å²) in [7, 11) is 0. The summed E-state index contributed by atoms with van der Waals surface area (Å²) in [6.45, 7) is -0.169. The van der Waals surface area contributed by atoms with Crippen molar-refractivity contribution in [3.8, 4) is 11.4 Å². The molecule has 1 unspecified atom stereocenters. The van der Waals surface area contributed by atoms with Gasteiger partial charge in [0.05, 0.1) is 12.6 Å². The summed E-state index contributed by atoms with van der Waals surface area (Å²) >= 11 is 0. The molecule has 2 aromatic carbocycles. The fraction of sp³-hybridized carbons (Fsp3) is 0.118. The van der Waals surface area contributed by atoms with Crippen molar-refractivity contribution < 1.29 is 9.90 Å². The average molecular weight is 308 g/mol. The molecule has 1 heterocycles. The first-order chi connectivity index (χ1) is 11.3. The Labute approximate surface area is 133 Å². The van der Waals surface area contributed by atoms with E-state index >= 15 is 0 Å². The molecular formula is C17H16N4O2. The number of nitrogens with zero attached hydrogens (tertiary/aromatic N) is 2. The van der Waals surface area contributed by atoms with Crippen LogP contribution in [0, 0.1) is 0 Å². The quantitative estimate of drug-likeness (QED) is 0.672. The van der Waals surface area contributed by atoms with E-state index in [0.29, 0.717) is 11.4 Å². The van der Waals surface area contributed by atoms with E-state index in [2.05, 4.69) is 20.5 Å². The maximum absolute atomic E-state index is 12.4. The Morgan fingerprint density at radius 2 is 2.00 bits per heavy atom. The van der Waals surface area contributed by atoms with Gasteiger partial charge in [0.25, 0.3) is 5.91 Å². The van der Waals surface area contributed by atoms with E-state index in [-0.39, 0.29) is 12.5 Å². The third-order valence-corrected chi connectivity index (χ3v) is 3.50. The monoisotopic (exact) mass is 308 g/mol. The topological polar surface area (TPSA) is 90.9 Å². The van der Waals surface area contributed by atoms with Crippen molar-refractivity contribution in [2.75, 3.05) is 6.61 Å². The van der Waals surface area contributed by atoms with Crippen LogP contribution >= 0.6 is 0 Å². The largest absolute Gasteiger partial charge is 0.394 e. The predicted molar refractivity (Wildman–Crippen MR) is 85.6 cm³/mol. The molecule has 0 radical (unpaired) electrons. The fourth-order valence-electron chi connectivity index (χ4n) is 2.31. The molecule has 0 spiro atoms. The van der Waals surface area contributed by atoms with Gasteiger partial charge in [0, 0.05) is 11.1 Å². The van der Waals surface area contributed by atoms with Crippen molar-refractivity contribution in [2.45, 2.75) is 6.04 Å². The number of rotatable bonds is 5. The van der Waals surface area contributed by atoms with E-state index in [1.54, 1.807) is 18.2 Å². The molecule has 6 heteroatoms. The van der Waals surface area contributed by atoms with Crippen LogP contribution in [0.1, 0.15) is 22.0 Å². The van der Waals surface area contributed by atoms with Gasteiger partial charge in [0.1, 0.15) is 6.33 Å². The van der Waals surface area contributed by atoms with E-state index < -0.39 is 6.04 Å². The Morgan fingerprint density at radius 1 is 1.17 bits per heavy atom. The number of amides is 1. The first-order valence-electron chi connectivity index (χ1n) is 7.20. The normalized spacial score (nSPS) is 11.9. The van der Waals surface area contributed by atoms with Gasteiger partial charge in [-0.3, -0.25) is 9.89 Å². The minimum Gasteiger partial charge on any atom is -0.394 e. The molecule has 0 bridgehead atoms. The second-order valence-corrected chi connectivity index (χ2v) is 5.03. The van der Waals surface area contributed by atoms with Crippen LogP contribution in [0.4, 0.5) is 0 Å². The Morgan fingerprint density at radius 3 is 2.70 bits per heavy atom. The second-order valence-electron chi connectivity index (χ2n) is 5.03. The molecule has 0 aliphatic carbocycles. The summed E-state index contributed by atoms with van der Waals surface area (Å²) in [6.07, 6.45) is 1.42. The van der Waals surface area contributed by atoms with Crippen LogP contribution in [0.2, 0.25) is 0 Å². The van der Waals surface area contributed by atoms with Gasteiger partial charge in [0.15, 0.2) is 5.82 Å². The third-order valence-electron chi connectivity index (χ3n) is 3.50. The molecule has 3 aromatic rings. The Balaban J connectivity index is 1.79. The first kappa shape index (κ1) is 14.9. The molecule has 0 fully saturated rings. The molecule has 0 aliphatic rings. The lowest BCUT2D eigenvalue weighted by Crippen LogP contribution is -2.30. The maximum Gasteiger partial charge on any atom is 0.251 e. The third kappa shape index (κ3) is 3.44. The molecule has 0 saturated heterocycles. The molecule has 1 atom stereocenters. The number of carbonyl (C=O) groups is 1. The number of nitrogens with one attached hydrogen (secondary N) is 2. The van der Waals surface area contributed by atoms with Gasteiger partial charge >= 0.3 is 0 Å². The number of aliphatic hydroxyl groups excluding tert-OH is 1. The number of aliphatic hydroxyl groups is 1. The van der Waals surface area contributed by atoms with E-state index in [1.807, 2.05) is 36.4 Å². The standard InChI is InChI=1S/C17H16N4O2/c22-10-15(12-5-2-1-3-6-12)20-17(23)14-8-4-7-13(9-14)16-18-11-19-21-16/h1-9,11,15,22H,10H2,(H,20,23)(H,18,19,21). The van der Waals surface area contributed by atoms with Crippen molar-refractivity contribution in [1.82, 2.24) is 20.5 Å². The van der Waals surface area contributed by atoms with Gasteiger partial charge in [-0.2, -0.15) is 5.10 Å². The van der Waals surface area contributed by atoms with Gasteiger partial charge in [-0.1, -0.05) is 42.5 Å². The van der Waals surface area contributed by atoms with Crippen molar-refractivity contribution in [3.63, 3.8) is 0 Å². The van der Waals surface area contributed by atoms with Crippen LogP contribution in [0.15, 0.2) is 60.9 Å². The Hall–Kier alpha value is -2.99. The molecule has 6 nitrogen and oxygen atoms in total. The second kappa shape index (κ2) is 6.85. The van der Waals surface area contributed by atoms with E-state index in [0.717, 1.165) is 11.1 Å². The molecule has 116 valence electrons. The van der Waals surface area contributed by atoms with E-state index in [1.165, 1.54) is 6.33 Å². The number of aromatic amines is 1. The summed E-state index contributed by atoms with van der Waals surface area (Å²) in [5.74, 6) is 0.343. The zero-order valence-corrected chi connectivity index (χ0v) is 12.3. The zero-order chi connectivity index (χ0) is 16.1. The Bertz CT molecular complexity index is 772. The van der Waals surface area contributed by atoms with Crippen LogP contribution in [-0.2, 0) is 0 Å². The SMILES string of the molecule is O=C(NC(CO)c1ccccc1)c1cccc(-c2ncn[nH]2)c1. The van der Waals surface area contributed by atoms with Crippen LogP contribution in [0.25, 0.3) is 11.4 Å². The van der Waals surface area contributed by atoms with Crippen LogP contribution < -0.4 is 5.32 Å². The molecular weight excluding hydrogens is 292 g/mol. The van der Waals surface area contributed by atoms with Crippen molar-refractivity contribution in [2.24, 2.45) is 0 Å². The lowest BCUT2D eigenvalue weighted by molar-refractivity contribution is 0.0916. The molecule has 1 amide bonds. The van der Waals surface area contributed by atoms with E-state index in [9.17, 15) is 9.90 Å². The van der Waals surface area contributed by atoms with E-state index in [4.69, 9.17) is 0 Å². The van der Waals surface area contributed by atoms with Crippen LogP contribution in [-0.4, -0.2) is 32.8 Å². The molecule has 3 N–H and O–H groups in total. The highest BCUT2D eigenvalue weighted by molar-refractivity contribution is 5.95. The highest BCUT2D eigenvalue weighted by atomic mass is 16.3. The molecule has 3 rings (SSSR count). The molecule has 1 aromatic heterocycles. The van der Waals surface area contributed by atoms with Crippen molar-refractivity contribution in [1.29, 1.82) is 0 Å². The first-order valence-corrected chi connectivity index (χ1v) is 7.20. The number of aromatic nitrogens is 3. The van der Waals surface area contributed by atoms with Gasteiger partial charge in [-0.05, 0) is 17.7 Å². The summed E-state index contributed by atoms with van der Waals surface area (Å²) in [4.78, 5) is 16.5. The van der Waals surface area contributed by atoms with Gasteiger partial charge in [0.2, 0.25) is 0 Å². The van der Waals surface area contributed by atoms with Crippen molar-refractivity contribution >= 4 is 5.91 Å².